The summed E-state index contributed by atoms with van der Waals surface area (Å²) in [5.74, 6) is -2.48. The molecule has 3 aliphatic rings. The largest absolute Gasteiger partial charge is 0.477 e. The number of nitrogens with zero attached hydrogens (tertiary/aromatic N) is 3. The number of carbonyl (C=O) groups is 3. The predicted molar refractivity (Wildman–Crippen MR) is 96.8 cm³/mol. The Bertz CT molecular complexity index is 880. The van der Waals surface area contributed by atoms with Gasteiger partial charge in [0.1, 0.15) is 11.6 Å². The van der Waals surface area contributed by atoms with E-state index >= 15 is 0 Å². The number of aliphatic hydroxyl groups excluding tert-OH is 1. The average Bonchev–Trinajstić information content (AvgIpc) is 3.19. The third kappa shape index (κ3) is 2.93. The van der Waals surface area contributed by atoms with E-state index in [-0.39, 0.29) is 28.8 Å². The molecule has 1 fully saturated rings. The van der Waals surface area contributed by atoms with Gasteiger partial charge in [-0.05, 0) is 6.92 Å². The molecule has 1 saturated heterocycles. The Labute approximate surface area is 163 Å². The van der Waals surface area contributed by atoms with Gasteiger partial charge in [-0.25, -0.2) is 13.9 Å². The fraction of sp³-hybridized carbons (Fsp3) is 0.500. The van der Waals surface area contributed by atoms with E-state index in [2.05, 4.69) is 0 Å². The minimum atomic E-state index is -1.14. The van der Waals surface area contributed by atoms with Crippen LogP contribution in [0, 0.1) is 5.92 Å². The zero-order valence-electron chi connectivity index (χ0n) is 14.4. The van der Waals surface area contributed by atoms with Crippen LogP contribution >= 0.6 is 23.5 Å². The number of aromatic nitrogens is 2. The number of thioether (sulfide) groups is 2. The number of hydrogen-bond donors (Lipinski definition) is 3. The number of β-lactam (4-membered cyclic amide) rings is 1. The lowest BCUT2D eigenvalue weighted by atomic mass is 9.92. The summed E-state index contributed by atoms with van der Waals surface area (Å²) in [4.78, 5) is 36.5. The van der Waals surface area contributed by atoms with Gasteiger partial charge in [0, 0.05) is 6.42 Å². The SMILES string of the molecule is CC(O)[C@H]1C(=O)N2C(C(=O)O)=C(SC3CCn4c[n+](CC(N)=O)cc43)S[C@H]12. The highest BCUT2D eigenvalue weighted by atomic mass is 32.2. The predicted octanol–water partition coefficient (Wildman–Crippen LogP) is -0.395. The third-order valence-electron chi connectivity index (χ3n) is 4.94. The number of carboxylic acid groups (broad SMARTS) is 1. The van der Waals surface area contributed by atoms with Crippen LogP contribution in [0.4, 0.5) is 0 Å². The molecule has 4 heterocycles. The summed E-state index contributed by atoms with van der Waals surface area (Å²) in [7, 11) is 0. The summed E-state index contributed by atoms with van der Waals surface area (Å²) in [6, 6.07) is 0. The first-order chi connectivity index (χ1) is 12.8. The molecule has 144 valence electrons. The molecule has 0 radical (unpaired) electrons. The van der Waals surface area contributed by atoms with Crippen LogP contribution in [-0.4, -0.2) is 48.9 Å². The molecule has 0 aromatic carbocycles. The van der Waals surface area contributed by atoms with Gasteiger partial charge in [-0.3, -0.25) is 14.5 Å². The van der Waals surface area contributed by atoms with E-state index in [1.54, 1.807) is 11.5 Å². The number of fused-ring (bicyclic) bond motifs is 2. The molecule has 3 aliphatic heterocycles. The summed E-state index contributed by atoms with van der Waals surface area (Å²) in [6.07, 6.45) is 3.69. The van der Waals surface area contributed by atoms with Gasteiger partial charge in [0.2, 0.25) is 12.2 Å². The van der Waals surface area contributed by atoms with Crippen LogP contribution < -0.4 is 10.3 Å². The minimum absolute atomic E-state index is 0.00641. The Hall–Kier alpha value is -1.98. The molecule has 4 atom stereocenters. The van der Waals surface area contributed by atoms with E-state index < -0.39 is 23.9 Å². The molecule has 2 unspecified atom stereocenters. The van der Waals surface area contributed by atoms with Crippen molar-refractivity contribution >= 4 is 41.3 Å². The highest BCUT2D eigenvalue weighted by molar-refractivity contribution is 8.22. The number of carbonyl (C=O) groups excluding carboxylic acids is 2. The number of amides is 2. The Morgan fingerprint density at radius 1 is 1.52 bits per heavy atom. The molecule has 0 bridgehead atoms. The summed E-state index contributed by atoms with van der Waals surface area (Å²) in [5, 5.41) is 19.1. The molecule has 0 aliphatic carbocycles. The number of aryl methyl sites for hydroxylation is 1. The van der Waals surface area contributed by atoms with E-state index in [9.17, 15) is 24.6 Å². The number of nitrogens with two attached hydrogens (primary N) is 1. The van der Waals surface area contributed by atoms with Gasteiger partial charge in [0.05, 0.1) is 28.1 Å². The van der Waals surface area contributed by atoms with Crippen LogP contribution in [0.3, 0.4) is 0 Å². The second kappa shape index (κ2) is 6.57. The standard InChI is InChI=1S/C16H18N4O5S2/c1-7(21)11-13(23)20-12(15(24)25)16(27-14(11)20)26-9-2-3-19-6-18(4-8(9)19)5-10(17)22/h4,6-7,9,11,14,21H,2-3,5H2,1H3,(H2-,17,22,24,25)/p+1/t7?,9?,11-,14+/m0/s1. The quantitative estimate of drug-likeness (QED) is 0.429. The summed E-state index contributed by atoms with van der Waals surface area (Å²) in [5.41, 5.74) is 6.24. The average molecular weight is 411 g/mol. The maximum absolute atomic E-state index is 12.3. The molecule has 0 spiro atoms. The van der Waals surface area contributed by atoms with Crippen LogP contribution in [0.5, 0.6) is 0 Å². The molecule has 1 aromatic rings. The van der Waals surface area contributed by atoms with E-state index in [4.69, 9.17) is 5.73 Å². The van der Waals surface area contributed by atoms with Gasteiger partial charge in [-0.15, -0.1) is 11.8 Å². The Balaban J connectivity index is 1.57. The van der Waals surface area contributed by atoms with E-state index in [1.807, 2.05) is 17.1 Å². The van der Waals surface area contributed by atoms with E-state index in [0.29, 0.717) is 4.24 Å². The van der Waals surface area contributed by atoms with Crippen molar-refractivity contribution in [1.82, 2.24) is 9.47 Å². The lowest BCUT2D eigenvalue weighted by molar-refractivity contribution is -0.684. The topological polar surface area (TPSA) is 130 Å². The summed E-state index contributed by atoms with van der Waals surface area (Å²) >= 11 is 2.76. The van der Waals surface area contributed by atoms with Crippen molar-refractivity contribution in [3.63, 3.8) is 0 Å². The van der Waals surface area contributed by atoms with Gasteiger partial charge in [0.25, 0.3) is 5.91 Å². The molecule has 27 heavy (non-hydrogen) atoms. The van der Waals surface area contributed by atoms with Crippen molar-refractivity contribution in [2.24, 2.45) is 11.7 Å². The number of carboxylic acids is 1. The maximum atomic E-state index is 12.3. The van der Waals surface area contributed by atoms with Crippen molar-refractivity contribution < 1.29 is 29.2 Å². The zero-order chi connectivity index (χ0) is 19.5. The van der Waals surface area contributed by atoms with Crippen molar-refractivity contribution in [3.05, 3.63) is 28.2 Å². The minimum Gasteiger partial charge on any atom is -0.477 e. The number of imidazole rings is 1. The molecule has 4 N–H and O–H groups in total. The van der Waals surface area contributed by atoms with Crippen LogP contribution in [0.2, 0.25) is 0 Å². The maximum Gasteiger partial charge on any atom is 0.354 e. The Morgan fingerprint density at radius 2 is 2.26 bits per heavy atom. The van der Waals surface area contributed by atoms with Gasteiger partial charge in [-0.1, -0.05) is 11.8 Å². The van der Waals surface area contributed by atoms with Crippen molar-refractivity contribution in [2.75, 3.05) is 0 Å². The normalized spacial score (nSPS) is 27.4. The number of rotatable bonds is 6. The van der Waals surface area contributed by atoms with Gasteiger partial charge in [0.15, 0.2) is 17.9 Å². The molecule has 1 aromatic heterocycles. The first kappa shape index (κ1) is 18.4. The van der Waals surface area contributed by atoms with Crippen molar-refractivity contribution in [3.8, 4) is 0 Å². The van der Waals surface area contributed by atoms with Crippen LogP contribution in [0.25, 0.3) is 0 Å². The highest BCUT2D eigenvalue weighted by Gasteiger charge is 2.58. The van der Waals surface area contributed by atoms with Gasteiger partial charge < -0.3 is 15.9 Å². The van der Waals surface area contributed by atoms with Gasteiger partial charge >= 0.3 is 5.97 Å². The van der Waals surface area contributed by atoms with Crippen LogP contribution in [0.1, 0.15) is 24.3 Å². The molecule has 11 heteroatoms. The second-order valence-electron chi connectivity index (χ2n) is 6.82. The number of aliphatic hydroxyl groups is 1. The summed E-state index contributed by atoms with van der Waals surface area (Å²) in [6.45, 7) is 2.41. The van der Waals surface area contributed by atoms with Crippen LogP contribution in [0.15, 0.2) is 22.5 Å². The molecular formula is C16H19N4O5S2+. The fourth-order valence-electron chi connectivity index (χ4n) is 3.73. The van der Waals surface area contributed by atoms with E-state index in [1.165, 1.54) is 28.4 Å². The van der Waals surface area contributed by atoms with Gasteiger partial charge in [-0.2, -0.15) is 0 Å². The number of primary amides is 1. The fourth-order valence-corrected chi connectivity index (χ4v) is 7.01. The Morgan fingerprint density at radius 3 is 2.89 bits per heavy atom. The molecule has 0 saturated carbocycles. The third-order valence-corrected chi connectivity index (χ3v) is 7.84. The smallest absolute Gasteiger partial charge is 0.354 e. The molecular weight excluding hydrogens is 392 g/mol. The monoisotopic (exact) mass is 411 g/mol. The number of hydrogen-bond acceptors (Lipinski definition) is 6. The summed E-state index contributed by atoms with van der Waals surface area (Å²) < 4.78 is 4.34. The first-order valence-electron chi connectivity index (χ1n) is 8.47. The molecule has 2 amide bonds. The highest BCUT2D eigenvalue weighted by Crippen LogP contribution is 2.57. The van der Waals surface area contributed by atoms with Crippen LogP contribution in [-0.2, 0) is 27.5 Å². The first-order valence-corrected chi connectivity index (χ1v) is 10.2. The number of aliphatic carboxylic acids is 1. The lowest BCUT2D eigenvalue weighted by Gasteiger charge is -2.43. The zero-order valence-corrected chi connectivity index (χ0v) is 16.1. The van der Waals surface area contributed by atoms with Crippen molar-refractivity contribution in [2.45, 2.75) is 43.2 Å². The van der Waals surface area contributed by atoms with E-state index in [0.717, 1.165) is 18.7 Å². The Kier molecular flexibility index (Phi) is 4.47. The second-order valence-corrected chi connectivity index (χ2v) is 9.42. The lowest BCUT2D eigenvalue weighted by Crippen LogP contribution is -2.60. The molecule has 4 rings (SSSR count). The van der Waals surface area contributed by atoms with Crippen molar-refractivity contribution in [1.29, 1.82) is 0 Å². The molecule has 9 nitrogen and oxygen atoms in total.